The molecule has 7 heteroatoms. The first-order valence-electron chi connectivity index (χ1n) is 6.45. The fourth-order valence-corrected chi connectivity index (χ4v) is 2.77. The Bertz CT molecular complexity index is 543. The lowest BCUT2D eigenvalue weighted by Gasteiger charge is -2.09. The van der Waals surface area contributed by atoms with Crippen molar-refractivity contribution in [1.82, 2.24) is 5.32 Å². The molecule has 20 heavy (non-hydrogen) atoms. The molecule has 0 spiro atoms. The minimum Gasteiger partial charge on any atom is -0.481 e. The zero-order valence-electron chi connectivity index (χ0n) is 11.4. The third kappa shape index (κ3) is 6.53. The van der Waals surface area contributed by atoms with Crippen molar-refractivity contribution in [2.45, 2.75) is 26.3 Å². The van der Waals surface area contributed by atoms with Gasteiger partial charge in [-0.05, 0) is 30.7 Å². The summed E-state index contributed by atoms with van der Waals surface area (Å²) < 4.78 is 26.0. The molecule has 6 nitrogen and oxygen atoms in total. The van der Waals surface area contributed by atoms with Gasteiger partial charge in [-0.1, -0.05) is 19.1 Å². The number of rotatable bonds is 9. The van der Waals surface area contributed by atoms with Gasteiger partial charge in [0, 0.05) is 18.7 Å². The molecule has 1 aromatic rings. The van der Waals surface area contributed by atoms with Crippen LogP contribution in [0.5, 0.6) is 0 Å². The van der Waals surface area contributed by atoms with Crippen molar-refractivity contribution in [1.29, 1.82) is 0 Å². The molecule has 0 aliphatic heterocycles. The largest absolute Gasteiger partial charge is 0.481 e. The molecule has 0 aliphatic carbocycles. The van der Waals surface area contributed by atoms with E-state index in [0.717, 1.165) is 12.1 Å². The summed E-state index contributed by atoms with van der Waals surface area (Å²) in [5.41, 5.74) is 1.48. The van der Waals surface area contributed by atoms with Gasteiger partial charge in [0.05, 0.1) is 5.75 Å². The minimum absolute atomic E-state index is 0.0990. The molecule has 0 heterocycles. The van der Waals surface area contributed by atoms with Gasteiger partial charge in [-0.25, -0.2) is 8.42 Å². The third-order valence-electron chi connectivity index (χ3n) is 2.58. The lowest BCUT2D eigenvalue weighted by Crippen LogP contribution is -2.18. The molecule has 1 rings (SSSR count). The molecule has 0 amide bonds. The second kappa shape index (κ2) is 7.86. The maximum Gasteiger partial charge on any atom is 0.303 e. The van der Waals surface area contributed by atoms with Crippen LogP contribution in [-0.2, 0) is 21.4 Å². The zero-order chi connectivity index (χ0) is 15.0. The minimum atomic E-state index is -3.50. The zero-order valence-corrected chi connectivity index (χ0v) is 12.2. The topological polar surface area (TPSA) is 95.5 Å². The Labute approximate surface area is 119 Å². The summed E-state index contributed by atoms with van der Waals surface area (Å²) in [7, 11) is -3.50. The van der Waals surface area contributed by atoms with Crippen LogP contribution in [0.25, 0.3) is 0 Å². The Morgan fingerprint density at radius 3 is 2.75 bits per heavy atom. The van der Waals surface area contributed by atoms with E-state index < -0.39 is 16.0 Å². The highest BCUT2D eigenvalue weighted by Gasteiger charge is 2.11. The summed E-state index contributed by atoms with van der Waals surface area (Å²) in [6.07, 6.45) is -0.0525. The molecule has 0 aromatic heterocycles. The normalized spacial score (nSPS) is 11.2. The highest BCUT2D eigenvalue weighted by Crippen LogP contribution is 2.13. The molecule has 0 fully saturated rings. The highest BCUT2D eigenvalue weighted by atomic mass is 32.2. The quantitative estimate of drug-likeness (QED) is 0.641. The molecule has 0 saturated carbocycles. The monoisotopic (exact) mass is 300 g/mol. The van der Waals surface area contributed by atoms with E-state index in [9.17, 15) is 13.2 Å². The number of carbonyl (C=O) groups is 1. The van der Waals surface area contributed by atoms with E-state index in [2.05, 4.69) is 10.0 Å². The number of sulfonamides is 1. The predicted octanol–water partition coefficient (Wildman–Crippen LogP) is 1.40. The van der Waals surface area contributed by atoms with E-state index in [4.69, 9.17) is 5.11 Å². The van der Waals surface area contributed by atoms with E-state index in [1.54, 1.807) is 18.2 Å². The number of aliphatic carboxylic acids is 1. The number of hydrogen-bond acceptors (Lipinski definition) is 4. The molecule has 0 saturated heterocycles. The summed E-state index contributed by atoms with van der Waals surface area (Å²) in [6.45, 7) is 3.51. The number of anilines is 1. The predicted molar refractivity (Wildman–Crippen MR) is 78.1 cm³/mol. The van der Waals surface area contributed by atoms with Gasteiger partial charge >= 0.3 is 5.97 Å². The van der Waals surface area contributed by atoms with Crippen LogP contribution in [0.15, 0.2) is 24.3 Å². The average molecular weight is 300 g/mol. The Morgan fingerprint density at radius 2 is 2.10 bits per heavy atom. The van der Waals surface area contributed by atoms with Crippen molar-refractivity contribution in [3.8, 4) is 0 Å². The molecule has 0 unspecified atom stereocenters. The van der Waals surface area contributed by atoms with Gasteiger partial charge in [0.1, 0.15) is 0 Å². The molecule has 3 N–H and O–H groups in total. The Hall–Kier alpha value is -1.60. The van der Waals surface area contributed by atoms with Gasteiger partial charge in [-0.3, -0.25) is 9.52 Å². The first-order valence-corrected chi connectivity index (χ1v) is 8.10. The summed E-state index contributed by atoms with van der Waals surface area (Å²) in [6, 6.07) is 7.12. The maximum atomic E-state index is 11.8. The first-order chi connectivity index (χ1) is 9.43. The van der Waals surface area contributed by atoms with Crippen LogP contribution in [0.4, 0.5) is 5.69 Å². The van der Waals surface area contributed by atoms with Gasteiger partial charge < -0.3 is 10.4 Å². The SMILES string of the molecule is CCNCc1cccc(NS(=O)(=O)CCCC(=O)O)c1. The van der Waals surface area contributed by atoms with E-state index >= 15 is 0 Å². The highest BCUT2D eigenvalue weighted by molar-refractivity contribution is 7.92. The van der Waals surface area contributed by atoms with Crippen molar-refractivity contribution >= 4 is 21.7 Å². The number of nitrogens with one attached hydrogen (secondary N) is 2. The standard InChI is InChI=1S/C13H20N2O4S/c1-2-14-10-11-5-3-6-12(9-11)15-20(18,19)8-4-7-13(16)17/h3,5-6,9,14-15H,2,4,7-8,10H2,1H3,(H,16,17). The Morgan fingerprint density at radius 1 is 1.35 bits per heavy atom. The fraction of sp³-hybridized carbons (Fsp3) is 0.462. The van der Waals surface area contributed by atoms with E-state index in [1.807, 2.05) is 13.0 Å². The van der Waals surface area contributed by atoms with Crippen LogP contribution in [-0.4, -0.2) is 31.8 Å². The van der Waals surface area contributed by atoms with Crippen LogP contribution in [0, 0.1) is 0 Å². The van der Waals surface area contributed by atoms with Crippen LogP contribution in [0.3, 0.4) is 0 Å². The molecule has 0 radical (unpaired) electrons. The van der Waals surface area contributed by atoms with Crippen LogP contribution >= 0.6 is 0 Å². The number of benzene rings is 1. The van der Waals surface area contributed by atoms with Gasteiger partial charge in [-0.15, -0.1) is 0 Å². The second-order valence-corrected chi connectivity index (χ2v) is 6.24. The van der Waals surface area contributed by atoms with Crippen molar-refractivity contribution in [3.05, 3.63) is 29.8 Å². The number of carboxylic acid groups (broad SMARTS) is 1. The average Bonchev–Trinajstić information content (AvgIpc) is 2.35. The van der Waals surface area contributed by atoms with Crippen molar-refractivity contribution < 1.29 is 18.3 Å². The van der Waals surface area contributed by atoms with Crippen molar-refractivity contribution in [3.63, 3.8) is 0 Å². The Balaban J connectivity index is 2.60. The molecule has 112 valence electrons. The van der Waals surface area contributed by atoms with Gasteiger partial charge in [0.15, 0.2) is 0 Å². The summed E-state index contributed by atoms with van der Waals surface area (Å²) in [5.74, 6) is -1.19. The number of hydrogen-bond donors (Lipinski definition) is 3. The summed E-state index contributed by atoms with van der Waals surface area (Å²) in [4.78, 5) is 10.4. The van der Waals surface area contributed by atoms with Crippen LogP contribution in [0.1, 0.15) is 25.3 Å². The molecule has 0 aliphatic rings. The van der Waals surface area contributed by atoms with Gasteiger partial charge in [0.25, 0.3) is 0 Å². The first kappa shape index (κ1) is 16.5. The summed E-state index contributed by atoms with van der Waals surface area (Å²) in [5, 5.41) is 11.7. The van der Waals surface area contributed by atoms with E-state index in [-0.39, 0.29) is 18.6 Å². The molecular formula is C13H20N2O4S. The van der Waals surface area contributed by atoms with Crippen LogP contribution < -0.4 is 10.0 Å². The molecular weight excluding hydrogens is 280 g/mol. The number of carboxylic acids is 1. The van der Waals surface area contributed by atoms with Gasteiger partial charge in [0.2, 0.25) is 10.0 Å². The van der Waals surface area contributed by atoms with Gasteiger partial charge in [-0.2, -0.15) is 0 Å². The third-order valence-corrected chi connectivity index (χ3v) is 3.96. The Kier molecular flexibility index (Phi) is 6.47. The smallest absolute Gasteiger partial charge is 0.303 e. The van der Waals surface area contributed by atoms with E-state index in [1.165, 1.54) is 0 Å². The summed E-state index contributed by atoms with van der Waals surface area (Å²) >= 11 is 0. The maximum absolute atomic E-state index is 11.8. The van der Waals surface area contributed by atoms with Crippen LogP contribution in [0.2, 0.25) is 0 Å². The lowest BCUT2D eigenvalue weighted by atomic mass is 10.2. The lowest BCUT2D eigenvalue weighted by molar-refractivity contribution is -0.137. The molecule has 0 bridgehead atoms. The van der Waals surface area contributed by atoms with Crippen molar-refractivity contribution in [2.24, 2.45) is 0 Å². The molecule has 0 atom stereocenters. The second-order valence-electron chi connectivity index (χ2n) is 4.40. The molecule has 1 aromatic carbocycles. The van der Waals surface area contributed by atoms with Crippen molar-refractivity contribution in [2.75, 3.05) is 17.0 Å². The van der Waals surface area contributed by atoms with E-state index in [0.29, 0.717) is 12.2 Å². The fourth-order valence-electron chi connectivity index (χ4n) is 1.66.